The molecule has 4 N–H and O–H groups in total. The van der Waals surface area contributed by atoms with E-state index in [9.17, 15) is 9.90 Å². The Kier molecular flexibility index (Phi) is 3.52. The van der Waals surface area contributed by atoms with Crippen LogP contribution in [0, 0.1) is 0 Å². The Bertz CT molecular complexity index is 440. The molecule has 1 amide bonds. The maximum atomic E-state index is 10.5. The number of hydrogen-bond acceptors (Lipinski definition) is 6. The number of anilines is 2. The van der Waals surface area contributed by atoms with Crippen LogP contribution in [0.5, 0.6) is 5.88 Å². The Labute approximate surface area is 105 Å². The number of nitrogens with zero attached hydrogens (tertiary/aromatic N) is 2. The zero-order valence-electron chi connectivity index (χ0n) is 10.0. The number of rotatable bonds is 4. The fourth-order valence-corrected chi connectivity index (χ4v) is 2.07. The molecule has 7 nitrogen and oxygen atoms in total. The maximum Gasteiger partial charge on any atom is 0.238 e. The third-order valence-corrected chi connectivity index (χ3v) is 2.97. The predicted octanol–water partition coefficient (Wildman–Crippen LogP) is -0.684. The van der Waals surface area contributed by atoms with Gasteiger partial charge in [0.2, 0.25) is 12.3 Å². The van der Waals surface area contributed by atoms with Crippen LogP contribution in [0.2, 0.25) is 0 Å². The summed E-state index contributed by atoms with van der Waals surface area (Å²) in [6, 6.07) is 3.42. The van der Waals surface area contributed by atoms with E-state index in [2.05, 4.69) is 10.3 Å². The monoisotopic (exact) mass is 252 g/mol. The predicted molar refractivity (Wildman–Crippen MR) is 66.2 cm³/mol. The van der Waals surface area contributed by atoms with E-state index in [0.717, 1.165) is 0 Å². The summed E-state index contributed by atoms with van der Waals surface area (Å²) in [7, 11) is 1.49. The van der Waals surface area contributed by atoms with Crippen LogP contribution in [0.1, 0.15) is 6.42 Å². The average Bonchev–Trinajstić information content (AvgIpc) is 2.73. The molecule has 1 aromatic rings. The number of aliphatic hydroxyl groups excluding tert-OH is 1. The molecular weight excluding hydrogens is 236 g/mol. The fourth-order valence-electron chi connectivity index (χ4n) is 2.07. The van der Waals surface area contributed by atoms with Crippen molar-refractivity contribution in [3.63, 3.8) is 0 Å². The number of ether oxygens (including phenoxy) is 1. The van der Waals surface area contributed by atoms with Gasteiger partial charge >= 0.3 is 0 Å². The first-order valence-corrected chi connectivity index (χ1v) is 5.62. The molecule has 2 rings (SSSR count). The van der Waals surface area contributed by atoms with E-state index in [1.807, 2.05) is 0 Å². The highest BCUT2D eigenvalue weighted by Crippen LogP contribution is 2.27. The molecule has 0 radical (unpaired) electrons. The summed E-state index contributed by atoms with van der Waals surface area (Å²) in [6.07, 6.45) is 0.0598. The summed E-state index contributed by atoms with van der Waals surface area (Å²) in [5, 5.41) is 12.4. The van der Waals surface area contributed by atoms with Crippen molar-refractivity contribution in [3.8, 4) is 5.88 Å². The minimum absolute atomic E-state index is 0.332. The van der Waals surface area contributed by atoms with Crippen molar-refractivity contribution in [3.05, 3.63) is 12.1 Å². The molecule has 18 heavy (non-hydrogen) atoms. The average molecular weight is 252 g/mol. The van der Waals surface area contributed by atoms with Crippen molar-refractivity contribution >= 4 is 17.9 Å². The van der Waals surface area contributed by atoms with Crippen molar-refractivity contribution in [2.24, 2.45) is 0 Å². The molecule has 0 aliphatic carbocycles. The molecule has 1 aliphatic rings. The minimum atomic E-state index is -0.611. The summed E-state index contributed by atoms with van der Waals surface area (Å²) in [5.41, 5.74) is 6.14. The molecule has 1 aromatic heterocycles. The van der Waals surface area contributed by atoms with Gasteiger partial charge in [0.05, 0.1) is 18.9 Å². The molecule has 2 heterocycles. The smallest absolute Gasteiger partial charge is 0.238 e. The van der Waals surface area contributed by atoms with E-state index in [1.165, 1.54) is 7.11 Å². The SMILES string of the molecule is COc1nc(N2CCC(O)C2NC=O)ccc1N. The largest absolute Gasteiger partial charge is 0.479 e. The number of carbonyl (C=O) groups excluding carboxylic acids is 1. The Morgan fingerprint density at radius 3 is 3.11 bits per heavy atom. The van der Waals surface area contributed by atoms with Crippen molar-refractivity contribution in [2.75, 3.05) is 24.3 Å². The van der Waals surface area contributed by atoms with Crippen molar-refractivity contribution < 1.29 is 14.6 Å². The van der Waals surface area contributed by atoms with Gasteiger partial charge in [0.1, 0.15) is 12.0 Å². The van der Waals surface area contributed by atoms with Crippen LogP contribution in [0.25, 0.3) is 0 Å². The Morgan fingerprint density at radius 1 is 1.67 bits per heavy atom. The highest BCUT2D eigenvalue weighted by Gasteiger charge is 2.33. The zero-order valence-corrected chi connectivity index (χ0v) is 10.0. The molecule has 98 valence electrons. The van der Waals surface area contributed by atoms with Gasteiger partial charge in [-0.3, -0.25) is 4.79 Å². The van der Waals surface area contributed by atoms with Crippen LogP contribution < -0.4 is 20.7 Å². The van der Waals surface area contributed by atoms with Crippen LogP contribution in [-0.4, -0.2) is 42.4 Å². The van der Waals surface area contributed by atoms with Crippen LogP contribution in [0.4, 0.5) is 11.5 Å². The second-order valence-corrected chi connectivity index (χ2v) is 4.05. The Morgan fingerprint density at radius 2 is 2.44 bits per heavy atom. The molecular formula is C11H16N4O3. The first-order chi connectivity index (χ1) is 8.67. The van der Waals surface area contributed by atoms with Crippen LogP contribution >= 0.6 is 0 Å². The number of carbonyl (C=O) groups is 1. The molecule has 0 spiro atoms. The summed E-state index contributed by atoms with van der Waals surface area (Å²) in [6.45, 7) is 0.604. The van der Waals surface area contributed by atoms with Gasteiger partial charge in [0.15, 0.2) is 0 Å². The van der Waals surface area contributed by atoms with E-state index in [1.54, 1.807) is 17.0 Å². The van der Waals surface area contributed by atoms with Gasteiger partial charge < -0.3 is 25.8 Å². The van der Waals surface area contributed by atoms with E-state index in [0.29, 0.717) is 36.8 Å². The quantitative estimate of drug-likeness (QED) is 0.614. The maximum absolute atomic E-state index is 10.5. The van der Waals surface area contributed by atoms with Crippen LogP contribution in [-0.2, 0) is 4.79 Å². The first-order valence-electron chi connectivity index (χ1n) is 5.62. The number of methoxy groups -OCH3 is 1. The third kappa shape index (κ3) is 2.17. The molecule has 1 aliphatic heterocycles. The standard InChI is InChI=1S/C11H16N4O3/c1-18-11-7(12)2-3-9(14-11)15-5-4-8(17)10(15)13-6-16/h2-3,6,8,10,17H,4-5,12H2,1H3,(H,13,16). The minimum Gasteiger partial charge on any atom is -0.479 e. The fraction of sp³-hybridized carbons (Fsp3) is 0.455. The van der Waals surface area contributed by atoms with Crippen LogP contribution in [0.3, 0.4) is 0 Å². The lowest BCUT2D eigenvalue weighted by Crippen LogP contribution is -2.46. The van der Waals surface area contributed by atoms with Gasteiger partial charge in [-0.1, -0.05) is 0 Å². The zero-order chi connectivity index (χ0) is 13.1. The molecule has 0 saturated carbocycles. The molecule has 1 saturated heterocycles. The van der Waals surface area contributed by atoms with Gasteiger partial charge in [-0.05, 0) is 18.6 Å². The molecule has 0 aromatic carbocycles. The van der Waals surface area contributed by atoms with E-state index in [-0.39, 0.29) is 0 Å². The number of nitrogen functional groups attached to an aromatic ring is 1. The third-order valence-electron chi connectivity index (χ3n) is 2.97. The van der Waals surface area contributed by atoms with Gasteiger partial charge in [-0.15, -0.1) is 0 Å². The number of pyridine rings is 1. The summed E-state index contributed by atoms with van der Waals surface area (Å²) in [5.74, 6) is 0.940. The second-order valence-electron chi connectivity index (χ2n) is 4.05. The summed E-state index contributed by atoms with van der Waals surface area (Å²) < 4.78 is 5.05. The number of hydrogen-bond donors (Lipinski definition) is 3. The van der Waals surface area contributed by atoms with Crippen molar-refractivity contribution in [1.29, 1.82) is 0 Å². The number of amides is 1. The summed E-state index contributed by atoms with van der Waals surface area (Å²) in [4.78, 5) is 16.6. The van der Waals surface area contributed by atoms with Crippen molar-refractivity contribution in [1.82, 2.24) is 10.3 Å². The van der Waals surface area contributed by atoms with Gasteiger partial charge in [0.25, 0.3) is 0 Å². The number of aromatic nitrogens is 1. The molecule has 0 bridgehead atoms. The highest BCUT2D eigenvalue weighted by atomic mass is 16.5. The van der Waals surface area contributed by atoms with Crippen LogP contribution in [0.15, 0.2) is 12.1 Å². The van der Waals surface area contributed by atoms with Gasteiger partial charge in [-0.2, -0.15) is 4.98 Å². The summed E-state index contributed by atoms with van der Waals surface area (Å²) >= 11 is 0. The number of aliphatic hydroxyl groups is 1. The van der Waals surface area contributed by atoms with E-state index < -0.39 is 12.3 Å². The molecule has 1 fully saturated rings. The number of nitrogens with two attached hydrogens (primary N) is 1. The lowest BCUT2D eigenvalue weighted by Gasteiger charge is -2.26. The van der Waals surface area contributed by atoms with Gasteiger partial charge in [0, 0.05) is 6.54 Å². The van der Waals surface area contributed by atoms with E-state index in [4.69, 9.17) is 10.5 Å². The lowest BCUT2D eigenvalue weighted by molar-refractivity contribution is -0.110. The molecule has 2 unspecified atom stereocenters. The second kappa shape index (κ2) is 5.09. The van der Waals surface area contributed by atoms with Crippen molar-refractivity contribution in [2.45, 2.75) is 18.7 Å². The van der Waals surface area contributed by atoms with Gasteiger partial charge in [-0.25, -0.2) is 0 Å². The lowest BCUT2D eigenvalue weighted by atomic mass is 10.3. The topological polar surface area (TPSA) is 101 Å². The highest BCUT2D eigenvalue weighted by molar-refractivity contribution is 5.56. The first kappa shape index (κ1) is 12.4. The normalized spacial score (nSPS) is 22.9. The van der Waals surface area contributed by atoms with E-state index >= 15 is 0 Å². The number of nitrogens with one attached hydrogen (secondary N) is 1. The Balaban J connectivity index is 2.27. The molecule has 2 atom stereocenters. The molecule has 7 heteroatoms. The Hall–Kier alpha value is -2.02.